The molecule has 0 aromatic rings. The van der Waals surface area contributed by atoms with E-state index in [1.165, 1.54) is 6.92 Å². The summed E-state index contributed by atoms with van der Waals surface area (Å²) in [5, 5.41) is 12.0. The van der Waals surface area contributed by atoms with Gasteiger partial charge in [0.2, 0.25) is 11.8 Å². The molecule has 0 aromatic carbocycles. The van der Waals surface area contributed by atoms with Crippen LogP contribution in [0.5, 0.6) is 0 Å². The predicted octanol–water partition coefficient (Wildman–Crippen LogP) is -0.260. The van der Waals surface area contributed by atoms with Crippen LogP contribution < -0.4 is 5.32 Å². The van der Waals surface area contributed by atoms with Crippen LogP contribution in [0.3, 0.4) is 0 Å². The normalized spacial score (nSPS) is 22.3. The largest absolute Gasteiger partial charge is 0.391 e. The van der Waals surface area contributed by atoms with Crippen molar-refractivity contribution in [3.8, 4) is 0 Å². The maximum Gasteiger partial charge on any atom is 0.245 e. The van der Waals surface area contributed by atoms with Gasteiger partial charge in [-0.1, -0.05) is 13.8 Å². The average Bonchev–Trinajstić information content (AvgIpc) is 2.59. The number of hydrogen-bond donors (Lipinski definition) is 2. The van der Waals surface area contributed by atoms with Crippen LogP contribution >= 0.6 is 0 Å². The van der Waals surface area contributed by atoms with Crippen LogP contribution in [0.1, 0.15) is 27.2 Å². The van der Waals surface area contributed by atoms with Gasteiger partial charge in [-0.05, 0) is 12.3 Å². The zero-order chi connectivity index (χ0) is 12.3. The number of carbonyl (C=O) groups excluding carboxylic acids is 2. The second-order valence-corrected chi connectivity index (χ2v) is 4.65. The molecule has 16 heavy (non-hydrogen) atoms. The van der Waals surface area contributed by atoms with E-state index < -0.39 is 12.1 Å². The minimum atomic E-state index is -0.484. The molecule has 1 fully saturated rings. The van der Waals surface area contributed by atoms with E-state index in [-0.39, 0.29) is 17.7 Å². The first-order chi connectivity index (χ1) is 7.41. The fraction of sp³-hybridized carbons (Fsp3) is 0.818. The number of rotatable bonds is 3. The van der Waals surface area contributed by atoms with E-state index in [0.717, 1.165) is 0 Å². The van der Waals surface area contributed by atoms with Gasteiger partial charge >= 0.3 is 0 Å². The Morgan fingerprint density at radius 2 is 2.06 bits per heavy atom. The Balaban J connectivity index is 2.63. The third-order valence-electron chi connectivity index (χ3n) is 2.77. The third kappa shape index (κ3) is 3.20. The minimum Gasteiger partial charge on any atom is -0.391 e. The maximum atomic E-state index is 12.1. The zero-order valence-electron chi connectivity index (χ0n) is 10.1. The Kier molecular flexibility index (Phi) is 4.29. The van der Waals surface area contributed by atoms with Crippen LogP contribution in [0.4, 0.5) is 0 Å². The summed E-state index contributed by atoms with van der Waals surface area (Å²) in [6, 6.07) is -0.484. The molecule has 2 amide bonds. The van der Waals surface area contributed by atoms with Crippen molar-refractivity contribution in [3.05, 3.63) is 0 Å². The van der Waals surface area contributed by atoms with Gasteiger partial charge in [0, 0.05) is 20.0 Å². The highest BCUT2D eigenvalue weighted by molar-refractivity contribution is 5.87. The molecule has 1 saturated heterocycles. The minimum absolute atomic E-state index is 0.0501. The lowest BCUT2D eigenvalue weighted by Crippen LogP contribution is -2.50. The fourth-order valence-electron chi connectivity index (χ4n) is 1.87. The third-order valence-corrected chi connectivity index (χ3v) is 2.77. The van der Waals surface area contributed by atoms with Crippen molar-refractivity contribution in [2.24, 2.45) is 5.92 Å². The van der Waals surface area contributed by atoms with Crippen LogP contribution in [0.25, 0.3) is 0 Å². The average molecular weight is 228 g/mol. The van der Waals surface area contributed by atoms with E-state index >= 15 is 0 Å². The molecule has 0 bridgehead atoms. The van der Waals surface area contributed by atoms with Gasteiger partial charge in [-0.2, -0.15) is 0 Å². The summed E-state index contributed by atoms with van der Waals surface area (Å²) in [4.78, 5) is 24.7. The summed E-state index contributed by atoms with van der Waals surface area (Å²) in [5.41, 5.74) is 0. The summed E-state index contributed by atoms with van der Waals surface area (Å²) in [7, 11) is 0. The first-order valence-corrected chi connectivity index (χ1v) is 5.65. The highest BCUT2D eigenvalue weighted by Crippen LogP contribution is 2.13. The number of hydrogen-bond acceptors (Lipinski definition) is 3. The Morgan fingerprint density at radius 3 is 2.44 bits per heavy atom. The van der Waals surface area contributed by atoms with E-state index in [1.807, 2.05) is 13.8 Å². The Bertz CT molecular complexity index is 278. The van der Waals surface area contributed by atoms with Crippen LogP contribution in [-0.4, -0.2) is 47.1 Å². The number of aliphatic hydroxyl groups excluding tert-OH is 1. The van der Waals surface area contributed by atoms with Gasteiger partial charge in [0.25, 0.3) is 0 Å². The van der Waals surface area contributed by atoms with Gasteiger partial charge in [0.05, 0.1) is 6.10 Å². The number of nitrogens with one attached hydrogen (secondary N) is 1. The molecule has 1 aliphatic heterocycles. The second kappa shape index (κ2) is 5.30. The molecule has 0 aromatic heterocycles. The van der Waals surface area contributed by atoms with Gasteiger partial charge < -0.3 is 15.3 Å². The molecule has 2 atom stereocenters. The lowest BCUT2D eigenvalue weighted by molar-refractivity contribution is -0.136. The fourth-order valence-corrected chi connectivity index (χ4v) is 1.87. The molecular weight excluding hydrogens is 208 g/mol. The van der Waals surface area contributed by atoms with Crippen LogP contribution in [-0.2, 0) is 9.59 Å². The topological polar surface area (TPSA) is 69.6 Å². The summed E-state index contributed by atoms with van der Waals surface area (Å²) >= 11 is 0. The lowest BCUT2D eigenvalue weighted by Gasteiger charge is -2.26. The monoisotopic (exact) mass is 228 g/mol. The number of β-amino-alcohol motifs (C(OH)–C–C–N with tert-alkyl or cyclic N) is 1. The Labute approximate surface area is 95.8 Å². The maximum absolute atomic E-state index is 12.1. The molecule has 0 saturated carbocycles. The summed E-state index contributed by atoms with van der Waals surface area (Å²) in [5.74, 6) is -0.248. The van der Waals surface area contributed by atoms with Crippen LogP contribution in [0, 0.1) is 5.92 Å². The van der Waals surface area contributed by atoms with Crippen molar-refractivity contribution < 1.29 is 14.7 Å². The van der Waals surface area contributed by atoms with Crippen molar-refractivity contribution in [3.63, 3.8) is 0 Å². The molecule has 2 N–H and O–H groups in total. The van der Waals surface area contributed by atoms with Gasteiger partial charge in [0.1, 0.15) is 6.04 Å². The number of carbonyl (C=O) groups is 2. The number of amides is 2. The first-order valence-electron chi connectivity index (χ1n) is 5.65. The van der Waals surface area contributed by atoms with Gasteiger partial charge in [-0.15, -0.1) is 0 Å². The SMILES string of the molecule is CC(=O)NC(C(=O)N1CC[C@H](O)C1)C(C)C. The molecule has 1 aliphatic rings. The Hall–Kier alpha value is -1.10. The Morgan fingerprint density at radius 1 is 1.44 bits per heavy atom. The van der Waals surface area contributed by atoms with E-state index in [4.69, 9.17) is 0 Å². The lowest BCUT2D eigenvalue weighted by atomic mass is 10.0. The van der Waals surface area contributed by atoms with E-state index in [2.05, 4.69) is 5.32 Å². The molecule has 0 radical (unpaired) electrons. The molecule has 5 heteroatoms. The van der Waals surface area contributed by atoms with Gasteiger partial charge in [0.15, 0.2) is 0 Å². The molecule has 1 heterocycles. The van der Waals surface area contributed by atoms with Crippen molar-refractivity contribution in [1.82, 2.24) is 10.2 Å². The first kappa shape index (κ1) is 13.0. The summed E-state index contributed by atoms with van der Waals surface area (Å²) < 4.78 is 0. The second-order valence-electron chi connectivity index (χ2n) is 4.65. The quantitative estimate of drug-likeness (QED) is 0.699. The van der Waals surface area contributed by atoms with Gasteiger partial charge in [-0.3, -0.25) is 9.59 Å². The van der Waals surface area contributed by atoms with E-state index in [9.17, 15) is 14.7 Å². The standard InChI is InChI=1S/C11H20N2O3/c1-7(2)10(12-8(3)14)11(16)13-5-4-9(15)6-13/h7,9-10,15H,4-6H2,1-3H3,(H,12,14)/t9-,10?/m0/s1. The molecular formula is C11H20N2O3. The number of likely N-dealkylation sites (tertiary alicyclic amines) is 1. The summed E-state index contributed by atoms with van der Waals surface area (Å²) in [6.07, 6.45) is 0.200. The van der Waals surface area contributed by atoms with Crippen molar-refractivity contribution in [2.45, 2.75) is 39.3 Å². The zero-order valence-corrected chi connectivity index (χ0v) is 10.1. The smallest absolute Gasteiger partial charge is 0.245 e. The van der Waals surface area contributed by atoms with Crippen LogP contribution in [0.15, 0.2) is 0 Å². The predicted molar refractivity (Wildman–Crippen MR) is 59.6 cm³/mol. The molecule has 5 nitrogen and oxygen atoms in total. The highest BCUT2D eigenvalue weighted by Gasteiger charge is 2.31. The number of aliphatic hydroxyl groups is 1. The summed E-state index contributed by atoms with van der Waals surface area (Å²) in [6.45, 7) is 6.14. The van der Waals surface area contributed by atoms with Crippen molar-refractivity contribution in [1.29, 1.82) is 0 Å². The van der Waals surface area contributed by atoms with Crippen molar-refractivity contribution >= 4 is 11.8 Å². The number of nitrogens with zero attached hydrogens (tertiary/aromatic N) is 1. The molecule has 1 unspecified atom stereocenters. The van der Waals surface area contributed by atoms with E-state index in [0.29, 0.717) is 19.5 Å². The molecule has 92 valence electrons. The molecule has 0 spiro atoms. The van der Waals surface area contributed by atoms with Crippen molar-refractivity contribution in [2.75, 3.05) is 13.1 Å². The van der Waals surface area contributed by atoms with E-state index in [1.54, 1.807) is 4.90 Å². The van der Waals surface area contributed by atoms with Gasteiger partial charge in [-0.25, -0.2) is 0 Å². The molecule has 1 rings (SSSR count). The van der Waals surface area contributed by atoms with Crippen LogP contribution in [0.2, 0.25) is 0 Å². The highest BCUT2D eigenvalue weighted by atomic mass is 16.3. The molecule has 0 aliphatic carbocycles.